The van der Waals surface area contributed by atoms with Gasteiger partial charge in [-0.1, -0.05) is 29.3 Å². The molecule has 6 heteroatoms. The van der Waals surface area contributed by atoms with Gasteiger partial charge in [0, 0.05) is 13.1 Å². The minimum Gasteiger partial charge on any atom is -0.372 e. The van der Waals surface area contributed by atoms with Crippen LogP contribution in [0.5, 0.6) is 0 Å². The molecule has 2 rings (SSSR count). The number of nitrogens with one attached hydrogen (secondary N) is 1. The summed E-state index contributed by atoms with van der Waals surface area (Å²) in [6, 6.07) is 4.96. The molecule has 4 nitrogen and oxygen atoms in total. The molecule has 0 radical (unpaired) electrons. The fourth-order valence-electron chi connectivity index (χ4n) is 2.14. The SMILES string of the molecule is CC1CN(C(=O)Nc2cccc(Cl)c2Cl)CC(C)O1. The van der Waals surface area contributed by atoms with Gasteiger partial charge < -0.3 is 15.0 Å². The number of ether oxygens (including phenoxy) is 1. The van der Waals surface area contributed by atoms with Crippen LogP contribution in [-0.2, 0) is 4.74 Å². The fourth-order valence-corrected chi connectivity index (χ4v) is 2.49. The molecule has 0 aromatic heterocycles. The Hall–Kier alpha value is -0.970. The number of carbonyl (C=O) groups excluding carboxylic acids is 1. The van der Waals surface area contributed by atoms with Crippen LogP contribution in [-0.4, -0.2) is 36.2 Å². The molecule has 1 heterocycles. The lowest BCUT2D eigenvalue weighted by Crippen LogP contribution is -2.49. The summed E-state index contributed by atoms with van der Waals surface area (Å²) in [7, 11) is 0. The van der Waals surface area contributed by atoms with Gasteiger partial charge >= 0.3 is 6.03 Å². The van der Waals surface area contributed by atoms with E-state index in [0.717, 1.165) is 0 Å². The first-order chi connectivity index (χ1) is 8.97. The predicted octanol–water partition coefficient (Wildman–Crippen LogP) is 3.63. The van der Waals surface area contributed by atoms with E-state index in [0.29, 0.717) is 28.8 Å². The molecule has 104 valence electrons. The van der Waals surface area contributed by atoms with Gasteiger partial charge in [-0.2, -0.15) is 0 Å². The standard InChI is InChI=1S/C13H16Cl2N2O2/c1-8-6-17(7-9(2)19-8)13(18)16-11-5-3-4-10(14)12(11)15/h3-5,8-9H,6-7H2,1-2H3,(H,16,18). The molecular formula is C13H16Cl2N2O2. The van der Waals surface area contributed by atoms with Gasteiger partial charge in [-0.15, -0.1) is 0 Å². The molecule has 2 amide bonds. The normalized spacial score (nSPS) is 23.3. The Morgan fingerprint density at radius 2 is 1.95 bits per heavy atom. The summed E-state index contributed by atoms with van der Waals surface area (Å²) in [5, 5.41) is 3.55. The lowest BCUT2D eigenvalue weighted by molar-refractivity contribution is -0.0530. The fraction of sp³-hybridized carbons (Fsp3) is 0.462. The van der Waals surface area contributed by atoms with Gasteiger partial charge in [-0.05, 0) is 26.0 Å². The Balaban J connectivity index is 2.06. The number of nitrogens with zero attached hydrogens (tertiary/aromatic N) is 1. The van der Waals surface area contributed by atoms with Crippen molar-refractivity contribution in [3.05, 3.63) is 28.2 Å². The van der Waals surface area contributed by atoms with Crippen molar-refractivity contribution in [2.24, 2.45) is 0 Å². The minimum absolute atomic E-state index is 0.0318. The Morgan fingerprint density at radius 3 is 2.58 bits per heavy atom. The molecule has 1 aliphatic rings. The van der Waals surface area contributed by atoms with E-state index in [1.807, 2.05) is 13.8 Å². The molecular weight excluding hydrogens is 287 g/mol. The molecule has 1 aromatic carbocycles. The van der Waals surface area contributed by atoms with Crippen LogP contribution in [0.25, 0.3) is 0 Å². The van der Waals surface area contributed by atoms with Gasteiger partial charge in [-0.3, -0.25) is 0 Å². The molecule has 1 aromatic rings. The number of urea groups is 1. The molecule has 0 spiro atoms. The van der Waals surface area contributed by atoms with Gasteiger partial charge in [-0.25, -0.2) is 4.79 Å². The summed E-state index contributed by atoms with van der Waals surface area (Å²) in [6.45, 7) is 5.02. The summed E-state index contributed by atoms with van der Waals surface area (Å²) in [5.74, 6) is 0. The molecule has 0 aliphatic carbocycles. The molecule has 1 fully saturated rings. The van der Waals surface area contributed by atoms with Crippen molar-refractivity contribution < 1.29 is 9.53 Å². The highest BCUT2D eigenvalue weighted by atomic mass is 35.5. The number of benzene rings is 1. The summed E-state index contributed by atoms with van der Waals surface area (Å²) in [5.41, 5.74) is 0.519. The van der Waals surface area contributed by atoms with Crippen molar-refractivity contribution in [2.45, 2.75) is 26.1 Å². The summed E-state index contributed by atoms with van der Waals surface area (Å²) >= 11 is 12.0. The Bertz CT molecular complexity index is 472. The third-order valence-electron chi connectivity index (χ3n) is 2.90. The molecule has 1 N–H and O–H groups in total. The smallest absolute Gasteiger partial charge is 0.322 e. The number of halogens is 2. The van der Waals surface area contributed by atoms with E-state index in [2.05, 4.69) is 5.32 Å². The minimum atomic E-state index is -0.189. The first-order valence-corrected chi connectivity index (χ1v) is 6.88. The zero-order chi connectivity index (χ0) is 14.0. The Labute approximate surface area is 122 Å². The third-order valence-corrected chi connectivity index (χ3v) is 3.72. The molecule has 0 saturated carbocycles. The van der Waals surface area contributed by atoms with Gasteiger partial charge in [0.05, 0.1) is 27.9 Å². The summed E-state index contributed by atoms with van der Waals surface area (Å²) in [6.07, 6.45) is 0.0636. The van der Waals surface area contributed by atoms with Crippen molar-refractivity contribution in [1.29, 1.82) is 0 Å². The number of amides is 2. The molecule has 2 unspecified atom stereocenters. The first-order valence-electron chi connectivity index (χ1n) is 6.12. The number of hydrogen-bond acceptors (Lipinski definition) is 2. The van der Waals surface area contributed by atoms with Crippen LogP contribution < -0.4 is 5.32 Å². The number of rotatable bonds is 1. The van der Waals surface area contributed by atoms with E-state index in [-0.39, 0.29) is 18.2 Å². The second-order valence-corrected chi connectivity index (χ2v) is 5.48. The van der Waals surface area contributed by atoms with Gasteiger partial charge in [0.1, 0.15) is 0 Å². The zero-order valence-electron chi connectivity index (χ0n) is 10.8. The molecule has 19 heavy (non-hydrogen) atoms. The molecule has 1 saturated heterocycles. The summed E-state index contributed by atoms with van der Waals surface area (Å²) in [4.78, 5) is 13.9. The van der Waals surface area contributed by atoms with Crippen molar-refractivity contribution in [3.8, 4) is 0 Å². The number of hydrogen-bond donors (Lipinski definition) is 1. The zero-order valence-corrected chi connectivity index (χ0v) is 12.3. The highest BCUT2D eigenvalue weighted by molar-refractivity contribution is 6.43. The predicted molar refractivity (Wildman–Crippen MR) is 77.1 cm³/mol. The van der Waals surface area contributed by atoms with E-state index in [4.69, 9.17) is 27.9 Å². The van der Waals surface area contributed by atoms with Crippen LogP contribution >= 0.6 is 23.2 Å². The van der Waals surface area contributed by atoms with Crippen LogP contribution in [0, 0.1) is 0 Å². The van der Waals surface area contributed by atoms with Gasteiger partial charge in [0.15, 0.2) is 0 Å². The van der Waals surface area contributed by atoms with Crippen molar-refractivity contribution in [3.63, 3.8) is 0 Å². The Kier molecular flexibility index (Phi) is 4.55. The van der Waals surface area contributed by atoms with E-state index >= 15 is 0 Å². The average Bonchev–Trinajstić information content (AvgIpc) is 2.33. The number of anilines is 1. The van der Waals surface area contributed by atoms with E-state index in [1.54, 1.807) is 23.1 Å². The third kappa shape index (κ3) is 3.53. The van der Waals surface area contributed by atoms with Crippen molar-refractivity contribution in [1.82, 2.24) is 4.90 Å². The lowest BCUT2D eigenvalue weighted by Gasteiger charge is -2.35. The first kappa shape index (κ1) is 14.4. The highest BCUT2D eigenvalue weighted by Crippen LogP contribution is 2.29. The maximum Gasteiger partial charge on any atom is 0.322 e. The number of carbonyl (C=O) groups is 1. The number of morpholine rings is 1. The van der Waals surface area contributed by atoms with Crippen LogP contribution in [0.15, 0.2) is 18.2 Å². The lowest BCUT2D eigenvalue weighted by atomic mass is 10.2. The van der Waals surface area contributed by atoms with Gasteiger partial charge in [0.2, 0.25) is 0 Å². The quantitative estimate of drug-likeness (QED) is 0.860. The maximum absolute atomic E-state index is 12.2. The van der Waals surface area contributed by atoms with Crippen LogP contribution in [0.3, 0.4) is 0 Å². The van der Waals surface area contributed by atoms with E-state index in [1.165, 1.54) is 0 Å². The van der Waals surface area contributed by atoms with Crippen LogP contribution in [0.2, 0.25) is 10.0 Å². The van der Waals surface area contributed by atoms with Crippen LogP contribution in [0.4, 0.5) is 10.5 Å². The monoisotopic (exact) mass is 302 g/mol. The summed E-state index contributed by atoms with van der Waals surface area (Å²) < 4.78 is 5.59. The largest absolute Gasteiger partial charge is 0.372 e. The Morgan fingerprint density at radius 1 is 1.32 bits per heavy atom. The topological polar surface area (TPSA) is 41.6 Å². The van der Waals surface area contributed by atoms with Crippen LogP contribution in [0.1, 0.15) is 13.8 Å². The second kappa shape index (κ2) is 5.99. The van der Waals surface area contributed by atoms with Crippen molar-refractivity contribution in [2.75, 3.05) is 18.4 Å². The van der Waals surface area contributed by atoms with Gasteiger partial charge in [0.25, 0.3) is 0 Å². The van der Waals surface area contributed by atoms with E-state index < -0.39 is 0 Å². The second-order valence-electron chi connectivity index (χ2n) is 4.69. The molecule has 1 aliphatic heterocycles. The molecule has 0 bridgehead atoms. The highest BCUT2D eigenvalue weighted by Gasteiger charge is 2.26. The maximum atomic E-state index is 12.2. The molecule has 2 atom stereocenters. The van der Waals surface area contributed by atoms with E-state index in [9.17, 15) is 4.79 Å². The average molecular weight is 303 g/mol. The van der Waals surface area contributed by atoms with Crippen molar-refractivity contribution >= 4 is 34.9 Å².